The Kier molecular flexibility index (Phi) is 5.38. The van der Waals surface area contributed by atoms with Crippen molar-refractivity contribution in [2.24, 2.45) is 0 Å². The van der Waals surface area contributed by atoms with Gasteiger partial charge in [0.1, 0.15) is 0 Å². The number of benzene rings is 2. The van der Waals surface area contributed by atoms with Crippen molar-refractivity contribution in [3.8, 4) is 16.8 Å². The summed E-state index contributed by atoms with van der Waals surface area (Å²) in [6.07, 6.45) is 0.674. The van der Waals surface area contributed by atoms with Crippen LogP contribution in [-0.4, -0.2) is 44.4 Å². The summed E-state index contributed by atoms with van der Waals surface area (Å²) in [5.41, 5.74) is 4.27. The molecule has 2 N–H and O–H groups in total. The molecule has 0 aliphatic carbocycles. The fraction of sp³-hybridized carbons (Fsp3) is 0.263. The Morgan fingerprint density at radius 3 is 2.62 bits per heavy atom. The van der Waals surface area contributed by atoms with E-state index in [0.717, 1.165) is 16.8 Å². The van der Waals surface area contributed by atoms with Gasteiger partial charge in [-0.1, -0.05) is 36.8 Å². The summed E-state index contributed by atoms with van der Waals surface area (Å²) in [4.78, 5) is 12.4. The molecule has 134 valence electrons. The Bertz CT molecular complexity index is 903. The molecule has 26 heavy (non-hydrogen) atoms. The number of hydrogen-bond donors (Lipinski definition) is 2. The Balaban J connectivity index is 2.10. The van der Waals surface area contributed by atoms with Crippen molar-refractivity contribution >= 4 is 5.91 Å². The van der Waals surface area contributed by atoms with E-state index in [9.17, 15) is 4.79 Å². The van der Waals surface area contributed by atoms with E-state index >= 15 is 0 Å². The number of tetrazole rings is 1. The van der Waals surface area contributed by atoms with Crippen molar-refractivity contribution in [2.75, 3.05) is 13.2 Å². The predicted molar refractivity (Wildman–Crippen MR) is 98.1 cm³/mol. The second-order valence-electron chi connectivity index (χ2n) is 5.97. The molecule has 0 aliphatic heterocycles. The summed E-state index contributed by atoms with van der Waals surface area (Å²) < 4.78 is 1.64. The lowest BCUT2D eigenvalue weighted by Crippen LogP contribution is -2.26. The molecule has 1 aromatic heterocycles. The number of aliphatic hydroxyl groups is 1. The minimum atomic E-state index is -0.250. The molecule has 0 radical (unpaired) electrons. The van der Waals surface area contributed by atoms with Gasteiger partial charge in [0, 0.05) is 18.5 Å². The third-order valence-electron chi connectivity index (χ3n) is 4.06. The SMILES string of the molecule is CCc1nnnn1-c1cc(C(=O)NCCO)cc(-c2ccc(C)cc2)c1. The normalized spacial score (nSPS) is 10.7. The van der Waals surface area contributed by atoms with Crippen LogP contribution >= 0.6 is 0 Å². The first kappa shape index (κ1) is 17.8. The lowest BCUT2D eigenvalue weighted by Gasteiger charge is -2.11. The lowest BCUT2D eigenvalue weighted by molar-refractivity contribution is 0.0945. The number of nitrogens with one attached hydrogen (secondary N) is 1. The zero-order valence-corrected chi connectivity index (χ0v) is 14.8. The first-order chi connectivity index (χ1) is 12.6. The maximum absolute atomic E-state index is 12.4. The molecule has 0 atom stereocenters. The van der Waals surface area contributed by atoms with E-state index in [4.69, 9.17) is 5.11 Å². The van der Waals surface area contributed by atoms with Crippen molar-refractivity contribution in [1.29, 1.82) is 0 Å². The highest BCUT2D eigenvalue weighted by molar-refractivity contribution is 5.96. The van der Waals surface area contributed by atoms with E-state index in [1.165, 1.54) is 5.56 Å². The largest absolute Gasteiger partial charge is 0.395 e. The monoisotopic (exact) mass is 351 g/mol. The Morgan fingerprint density at radius 2 is 1.92 bits per heavy atom. The zero-order chi connectivity index (χ0) is 18.5. The van der Waals surface area contributed by atoms with Gasteiger partial charge in [0.25, 0.3) is 5.91 Å². The van der Waals surface area contributed by atoms with Gasteiger partial charge < -0.3 is 10.4 Å². The predicted octanol–water partition coefficient (Wildman–Crippen LogP) is 1.92. The minimum absolute atomic E-state index is 0.108. The van der Waals surface area contributed by atoms with Crippen LogP contribution in [-0.2, 0) is 6.42 Å². The van der Waals surface area contributed by atoms with Crippen molar-refractivity contribution < 1.29 is 9.90 Å². The fourth-order valence-electron chi connectivity index (χ4n) is 2.68. The number of carbonyl (C=O) groups is 1. The number of hydrogen-bond acceptors (Lipinski definition) is 5. The molecular weight excluding hydrogens is 330 g/mol. The van der Waals surface area contributed by atoms with Gasteiger partial charge in [0.15, 0.2) is 5.82 Å². The van der Waals surface area contributed by atoms with E-state index in [0.29, 0.717) is 17.8 Å². The van der Waals surface area contributed by atoms with E-state index in [1.807, 2.05) is 50.2 Å². The molecule has 7 nitrogen and oxygen atoms in total. The molecule has 0 unspecified atom stereocenters. The fourth-order valence-corrected chi connectivity index (χ4v) is 2.68. The van der Waals surface area contributed by atoms with Crippen LogP contribution < -0.4 is 5.32 Å². The standard InChI is InChI=1S/C19H21N5O2/c1-3-18-21-22-23-24(18)17-11-15(14-6-4-13(2)5-7-14)10-16(12-17)19(26)20-8-9-25/h4-7,10-12,25H,3,8-9H2,1-2H3,(H,20,26). The van der Waals surface area contributed by atoms with Gasteiger partial charge in [-0.2, -0.15) is 4.68 Å². The van der Waals surface area contributed by atoms with Crippen molar-refractivity contribution in [2.45, 2.75) is 20.3 Å². The number of carbonyl (C=O) groups excluding carboxylic acids is 1. The molecule has 0 saturated heterocycles. The number of aromatic nitrogens is 4. The molecule has 0 aliphatic rings. The van der Waals surface area contributed by atoms with Gasteiger partial charge in [-0.3, -0.25) is 4.79 Å². The van der Waals surface area contributed by atoms with Crippen molar-refractivity contribution in [3.05, 3.63) is 59.4 Å². The summed E-state index contributed by atoms with van der Waals surface area (Å²) in [7, 11) is 0. The number of aliphatic hydroxyl groups excluding tert-OH is 1. The van der Waals surface area contributed by atoms with Crippen LogP contribution in [0, 0.1) is 6.92 Å². The second kappa shape index (κ2) is 7.88. The van der Waals surface area contributed by atoms with Gasteiger partial charge in [-0.25, -0.2) is 0 Å². The molecule has 3 aromatic rings. The minimum Gasteiger partial charge on any atom is -0.395 e. The number of nitrogens with zero attached hydrogens (tertiary/aromatic N) is 4. The van der Waals surface area contributed by atoms with E-state index in [1.54, 1.807) is 10.7 Å². The van der Waals surface area contributed by atoms with Crippen molar-refractivity contribution in [1.82, 2.24) is 25.5 Å². The summed E-state index contributed by atoms with van der Waals surface area (Å²) in [6, 6.07) is 13.6. The average Bonchev–Trinajstić information content (AvgIpc) is 3.15. The number of rotatable bonds is 6. The molecular formula is C19H21N5O2. The molecule has 2 aromatic carbocycles. The third kappa shape index (κ3) is 3.78. The van der Waals surface area contributed by atoms with Crippen LogP contribution in [0.15, 0.2) is 42.5 Å². The number of aryl methyl sites for hydroxylation is 2. The molecule has 0 spiro atoms. The van der Waals surface area contributed by atoms with Gasteiger partial charge in [0.2, 0.25) is 0 Å². The van der Waals surface area contributed by atoms with Gasteiger partial charge in [-0.15, -0.1) is 5.10 Å². The maximum atomic E-state index is 12.4. The van der Waals surface area contributed by atoms with Gasteiger partial charge >= 0.3 is 0 Å². The van der Waals surface area contributed by atoms with Crippen LogP contribution in [0.4, 0.5) is 0 Å². The first-order valence-electron chi connectivity index (χ1n) is 8.51. The summed E-state index contributed by atoms with van der Waals surface area (Å²) in [5.74, 6) is 0.466. The first-order valence-corrected chi connectivity index (χ1v) is 8.51. The highest BCUT2D eigenvalue weighted by Gasteiger charge is 2.13. The van der Waals surface area contributed by atoms with Crippen LogP contribution in [0.2, 0.25) is 0 Å². The topological polar surface area (TPSA) is 92.9 Å². The molecule has 1 heterocycles. The zero-order valence-electron chi connectivity index (χ0n) is 14.8. The van der Waals surface area contributed by atoms with Crippen molar-refractivity contribution in [3.63, 3.8) is 0 Å². The molecule has 7 heteroatoms. The number of amides is 1. The second-order valence-corrected chi connectivity index (χ2v) is 5.97. The van der Waals surface area contributed by atoms with E-state index in [-0.39, 0.29) is 19.1 Å². The summed E-state index contributed by atoms with van der Waals surface area (Å²) >= 11 is 0. The summed E-state index contributed by atoms with van der Waals surface area (Å²) in [5, 5.41) is 23.4. The van der Waals surface area contributed by atoms with E-state index in [2.05, 4.69) is 20.8 Å². The molecule has 1 amide bonds. The average molecular weight is 351 g/mol. The van der Waals surface area contributed by atoms with Crippen LogP contribution in [0.25, 0.3) is 16.8 Å². The molecule has 0 saturated carbocycles. The third-order valence-corrected chi connectivity index (χ3v) is 4.06. The molecule has 0 fully saturated rings. The molecule has 0 bridgehead atoms. The van der Waals surface area contributed by atoms with Gasteiger partial charge in [0.05, 0.1) is 12.3 Å². The Labute approximate surface area is 151 Å². The molecule has 3 rings (SSSR count). The van der Waals surface area contributed by atoms with Gasteiger partial charge in [-0.05, 0) is 46.7 Å². The Hall–Kier alpha value is -3.06. The quantitative estimate of drug-likeness (QED) is 0.708. The maximum Gasteiger partial charge on any atom is 0.251 e. The Morgan fingerprint density at radius 1 is 1.15 bits per heavy atom. The lowest BCUT2D eigenvalue weighted by atomic mass is 10.0. The summed E-state index contributed by atoms with van der Waals surface area (Å²) in [6.45, 7) is 4.10. The van der Waals surface area contributed by atoms with Crippen LogP contribution in [0.5, 0.6) is 0 Å². The highest BCUT2D eigenvalue weighted by Crippen LogP contribution is 2.25. The van der Waals surface area contributed by atoms with Crippen LogP contribution in [0.3, 0.4) is 0 Å². The van der Waals surface area contributed by atoms with Crippen LogP contribution in [0.1, 0.15) is 28.7 Å². The van der Waals surface area contributed by atoms with E-state index < -0.39 is 0 Å². The highest BCUT2D eigenvalue weighted by atomic mass is 16.3. The smallest absolute Gasteiger partial charge is 0.251 e.